The molecule has 1 aliphatic heterocycles. The highest BCUT2D eigenvalue weighted by molar-refractivity contribution is 6.31. The maximum atomic E-state index is 13.0. The maximum absolute atomic E-state index is 13.0. The summed E-state index contributed by atoms with van der Waals surface area (Å²) in [7, 11) is 1.76. The van der Waals surface area contributed by atoms with Crippen molar-refractivity contribution >= 4 is 17.6 Å². The van der Waals surface area contributed by atoms with E-state index in [-0.39, 0.29) is 18.4 Å². The molecule has 0 aliphatic carbocycles. The van der Waals surface area contributed by atoms with E-state index >= 15 is 0 Å². The molecular formula is C16H22ClFN2O2. The molecule has 22 heavy (non-hydrogen) atoms. The molecule has 0 saturated carbocycles. The normalized spacial score (nSPS) is 17.5. The van der Waals surface area contributed by atoms with Crippen LogP contribution in [-0.4, -0.2) is 37.2 Å². The topological polar surface area (TPSA) is 41.6 Å². The molecule has 1 aromatic rings. The van der Waals surface area contributed by atoms with E-state index < -0.39 is 0 Å². The van der Waals surface area contributed by atoms with E-state index in [9.17, 15) is 9.18 Å². The highest BCUT2D eigenvalue weighted by Gasteiger charge is 2.16. The molecule has 4 nitrogen and oxygen atoms in total. The summed E-state index contributed by atoms with van der Waals surface area (Å²) in [4.78, 5) is 13.6. The molecular weight excluding hydrogens is 307 g/mol. The lowest BCUT2D eigenvalue weighted by Gasteiger charge is -2.19. The number of nitrogens with zero attached hydrogens (tertiary/aromatic N) is 1. The number of benzene rings is 1. The zero-order valence-corrected chi connectivity index (χ0v) is 13.5. The number of carbonyl (C=O) groups is 1. The lowest BCUT2D eigenvalue weighted by atomic mass is 10.1. The number of hydrogen-bond donors (Lipinski definition) is 1. The first kappa shape index (κ1) is 17.0. The van der Waals surface area contributed by atoms with Gasteiger partial charge in [0.15, 0.2) is 0 Å². The van der Waals surface area contributed by atoms with Crippen LogP contribution in [-0.2, 0) is 11.3 Å². The summed E-state index contributed by atoms with van der Waals surface area (Å²) in [5, 5.41) is 3.11. The molecule has 1 aromatic carbocycles. The van der Waals surface area contributed by atoms with E-state index in [1.807, 2.05) is 0 Å². The fourth-order valence-corrected chi connectivity index (χ4v) is 2.73. The van der Waals surface area contributed by atoms with E-state index in [0.29, 0.717) is 23.2 Å². The van der Waals surface area contributed by atoms with Crippen molar-refractivity contribution in [3.63, 3.8) is 0 Å². The quantitative estimate of drug-likeness (QED) is 0.867. The maximum Gasteiger partial charge on any atom is 0.317 e. The molecule has 2 rings (SSSR count). The summed E-state index contributed by atoms with van der Waals surface area (Å²) in [5.41, 5.74) is 0.698. The number of amides is 2. The third kappa shape index (κ3) is 5.14. The number of carbonyl (C=O) groups excluding carboxylic acids is 1. The van der Waals surface area contributed by atoms with Gasteiger partial charge >= 0.3 is 6.03 Å². The first-order chi connectivity index (χ1) is 10.6. The summed E-state index contributed by atoms with van der Waals surface area (Å²) >= 11 is 5.93. The van der Waals surface area contributed by atoms with Crippen molar-refractivity contribution in [1.29, 1.82) is 0 Å². The largest absolute Gasteiger partial charge is 0.378 e. The zero-order valence-electron chi connectivity index (χ0n) is 12.8. The van der Waals surface area contributed by atoms with Gasteiger partial charge in [-0.15, -0.1) is 0 Å². The smallest absolute Gasteiger partial charge is 0.317 e. The summed E-state index contributed by atoms with van der Waals surface area (Å²) in [6.45, 7) is 1.83. The van der Waals surface area contributed by atoms with Crippen LogP contribution >= 0.6 is 11.6 Å². The molecule has 1 heterocycles. The Morgan fingerprint density at radius 3 is 3.05 bits per heavy atom. The number of halogens is 2. The third-order valence-corrected chi connectivity index (χ3v) is 4.19. The van der Waals surface area contributed by atoms with Gasteiger partial charge in [0.2, 0.25) is 0 Å². The van der Waals surface area contributed by atoms with Gasteiger partial charge in [-0.2, -0.15) is 0 Å². The average Bonchev–Trinajstić information content (AvgIpc) is 2.99. The van der Waals surface area contributed by atoms with Crippen molar-refractivity contribution in [2.75, 3.05) is 20.2 Å². The van der Waals surface area contributed by atoms with Crippen LogP contribution in [0.25, 0.3) is 0 Å². The Morgan fingerprint density at radius 1 is 1.55 bits per heavy atom. The molecule has 1 N–H and O–H groups in total. The Hall–Kier alpha value is -1.33. The first-order valence-corrected chi connectivity index (χ1v) is 7.98. The number of nitrogens with one attached hydrogen (secondary N) is 1. The molecule has 0 radical (unpaired) electrons. The molecule has 1 atom stereocenters. The van der Waals surface area contributed by atoms with Crippen LogP contribution in [0.1, 0.15) is 31.2 Å². The molecule has 6 heteroatoms. The second-order valence-corrected chi connectivity index (χ2v) is 6.00. The summed E-state index contributed by atoms with van der Waals surface area (Å²) < 4.78 is 18.5. The second-order valence-electron chi connectivity index (χ2n) is 5.59. The van der Waals surface area contributed by atoms with Gasteiger partial charge in [-0.1, -0.05) is 17.7 Å². The van der Waals surface area contributed by atoms with Gasteiger partial charge in [-0.05, 0) is 43.4 Å². The van der Waals surface area contributed by atoms with Gasteiger partial charge in [0.1, 0.15) is 5.82 Å². The lowest BCUT2D eigenvalue weighted by Crippen LogP contribution is -2.37. The molecule has 0 spiro atoms. The number of ether oxygens (including phenoxy) is 1. The van der Waals surface area contributed by atoms with E-state index in [0.717, 1.165) is 32.3 Å². The number of hydrogen-bond acceptors (Lipinski definition) is 2. The average molecular weight is 329 g/mol. The van der Waals surface area contributed by atoms with Crippen LogP contribution in [0.15, 0.2) is 18.2 Å². The molecule has 2 amide bonds. The minimum absolute atomic E-state index is 0.160. The molecule has 0 unspecified atom stereocenters. The predicted molar refractivity (Wildman–Crippen MR) is 84.5 cm³/mol. The highest BCUT2D eigenvalue weighted by atomic mass is 35.5. The Labute approximate surface area is 135 Å². The van der Waals surface area contributed by atoms with Crippen LogP contribution < -0.4 is 5.32 Å². The standard InChI is InChI=1S/C16H22ClFN2O2/c1-20(8-2-4-14-5-3-9-22-14)16(21)19-11-12-6-7-13(18)10-15(12)17/h6-7,10,14H,2-5,8-9,11H2,1H3,(H,19,21)/t14-/m1/s1. The van der Waals surface area contributed by atoms with Crippen LogP contribution in [0.3, 0.4) is 0 Å². The first-order valence-electron chi connectivity index (χ1n) is 7.61. The van der Waals surface area contributed by atoms with Crippen LogP contribution in [0, 0.1) is 5.82 Å². The molecule has 122 valence electrons. The summed E-state index contributed by atoms with van der Waals surface area (Å²) in [5.74, 6) is -0.383. The number of rotatable bonds is 6. The van der Waals surface area contributed by atoms with E-state index in [1.165, 1.54) is 12.1 Å². The number of urea groups is 1. The third-order valence-electron chi connectivity index (χ3n) is 3.84. The molecule has 0 bridgehead atoms. The minimum Gasteiger partial charge on any atom is -0.378 e. The Bertz CT molecular complexity index is 507. The summed E-state index contributed by atoms with van der Waals surface area (Å²) in [6, 6.07) is 4.00. The van der Waals surface area contributed by atoms with Crippen molar-refractivity contribution in [1.82, 2.24) is 10.2 Å². The monoisotopic (exact) mass is 328 g/mol. The molecule has 1 aliphatic rings. The molecule has 1 saturated heterocycles. The van der Waals surface area contributed by atoms with Gasteiger partial charge in [-0.25, -0.2) is 9.18 Å². The van der Waals surface area contributed by atoms with Gasteiger partial charge in [-0.3, -0.25) is 0 Å². The minimum atomic E-state index is -0.383. The SMILES string of the molecule is CN(CCC[C@@H]1CCCO1)C(=O)NCc1ccc(F)cc1Cl. The fraction of sp³-hybridized carbons (Fsp3) is 0.562. The van der Waals surface area contributed by atoms with Crippen LogP contribution in [0.4, 0.5) is 9.18 Å². The van der Waals surface area contributed by atoms with Crippen LogP contribution in [0.5, 0.6) is 0 Å². The summed E-state index contributed by atoms with van der Waals surface area (Å²) in [6.07, 6.45) is 4.53. The van der Waals surface area contributed by atoms with Gasteiger partial charge < -0.3 is 15.0 Å². The van der Waals surface area contributed by atoms with Gasteiger partial charge in [0.25, 0.3) is 0 Å². The second kappa shape index (κ2) is 8.34. The highest BCUT2D eigenvalue weighted by Crippen LogP contribution is 2.18. The Morgan fingerprint density at radius 2 is 2.36 bits per heavy atom. The van der Waals surface area contributed by atoms with E-state index in [4.69, 9.17) is 16.3 Å². The lowest BCUT2D eigenvalue weighted by molar-refractivity contribution is 0.100. The van der Waals surface area contributed by atoms with Gasteiger partial charge in [0.05, 0.1) is 6.10 Å². The van der Waals surface area contributed by atoms with Crippen molar-refractivity contribution < 1.29 is 13.9 Å². The Balaban J connectivity index is 1.69. The van der Waals surface area contributed by atoms with Crippen molar-refractivity contribution in [2.45, 2.75) is 38.3 Å². The Kier molecular flexibility index (Phi) is 6.46. The molecule has 0 aromatic heterocycles. The van der Waals surface area contributed by atoms with E-state index in [2.05, 4.69) is 5.32 Å². The van der Waals surface area contributed by atoms with E-state index in [1.54, 1.807) is 18.0 Å². The predicted octanol–water partition coefficient (Wildman–Crippen LogP) is 3.58. The van der Waals surface area contributed by atoms with Crippen molar-refractivity contribution in [3.8, 4) is 0 Å². The zero-order chi connectivity index (χ0) is 15.9. The fourth-order valence-electron chi connectivity index (χ4n) is 2.50. The van der Waals surface area contributed by atoms with Crippen molar-refractivity contribution in [2.24, 2.45) is 0 Å². The van der Waals surface area contributed by atoms with Crippen LogP contribution in [0.2, 0.25) is 5.02 Å². The van der Waals surface area contributed by atoms with Crippen molar-refractivity contribution in [3.05, 3.63) is 34.6 Å². The van der Waals surface area contributed by atoms with Gasteiger partial charge in [0, 0.05) is 31.8 Å². The molecule has 1 fully saturated rings.